The fraction of sp³-hybridized carbons (Fsp3) is 0.250. The van der Waals surface area contributed by atoms with Gasteiger partial charge in [-0.25, -0.2) is 13.4 Å². The van der Waals surface area contributed by atoms with E-state index in [0.29, 0.717) is 11.3 Å². The van der Waals surface area contributed by atoms with E-state index in [1.54, 1.807) is 35.7 Å². The quantitative estimate of drug-likeness (QED) is 0.642. The van der Waals surface area contributed by atoms with Crippen LogP contribution in [0.4, 0.5) is 0 Å². The number of hydrogen-bond donors (Lipinski definition) is 2. The molecule has 0 saturated heterocycles. The molecule has 102 valence electrons. The fourth-order valence-electron chi connectivity index (χ4n) is 1.76. The number of rotatable bonds is 5. The highest BCUT2D eigenvalue weighted by Crippen LogP contribution is 2.21. The zero-order chi connectivity index (χ0) is 13.9. The van der Waals surface area contributed by atoms with Crippen LogP contribution in [-0.2, 0) is 16.3 Å². The number of nitrogens with one attached hydrogen (secondary N) is 1. The molecule has 5 nitrogen and oxygen atoms in total. The highest BCUT2D eigenvalue weighted by Gasteiger charge is 2.15. The van der Waals surface area contributed by atoms with Gasteiger partial charge in [0.05, 0.1) is 15.9 Å². The minimum Gasteiger partial charge on any atom is -0.271 e. The number of aromatic nitrogens is 1. The lowest BCUT2D eigenvalue weighted by atomic mass is 10.1. The molecule has 2 aromatic rings. The Morgan fingerprint density at radius 3 is 2.84 bits per heavy atom. The van der Waals surface area contributed by atoms with Gasteiger partial charge in [-0.3, -0.25) is 11.3 Å². The van der Waals surface area contributed by atoms with Crippen molar-refractivity contribution in [2.24, 2.45) is 5.84 Å². The average molecular weight is 297 g/mol. The predicted molar refractivity (Wildman–Crippen MR) is 75.4 cm³/mol. The van der Waals surface area contributed by atoms with Crippen LogP contribution in [0.2, 0.25) is 0 Å². The lowest BCUT2D eigenvalue weighted by Crippen LogP contribution is -2.29. The second-order valence-electron chi connectivity index (χ2n) is 4.19. The third-order valence-electron chi connectivity index (χ3n) is 2.75. The second-order valence-corrected chi connectivity index (χ2v) is 7.19. The first kappa shape index (κ1) is 14.1. The summed E-state index contributed by atoms with van der Waals surface area (Å²) in [4.78, 5) is 4.50. The average Bonchev–Trinajstić information content (AvgIpc) is 2.88. The predicted octanol–water partition coefficient (Wildman–Crippen LogP) is 1.29. The number of nitrogens with zero attached hydrogens (tertiary/aromatic N) is 1. The highest BCUT2D eigenvalue weighted by atomic mass is 32.2. The van der Waals surface area contributed by atoms with Crippen LogP contribution < -0.4 is 11.3 Å². The zero-order valence-electron chi connectivity index (χ0n) is 10.4. The van der Waals surface area contributed by atoms with Crippen LogP contribution in [0.15, 0.2) is 40.7 Å². The van der Waals surface area contributed by atoms with E-state index in [-0.39, 0.29) is 6.04 Å². The Balaban J connectivity index is 2.28. The number of thiazole rings is 1. The lowest BCUT2D eigenvalue weighted by molar-refractivity contribution is 0.549. The van der Waals surface area contributed by atoms with Gasteiger partial charge in [-0.2, -0.15) is 0 Å². The molecule has 1 aromatic heterocycles. The summed E-state index contributed by atoms with van der Waals surface area (Å²) in [6.07, 6.45) is 3.56. The molecular weight excluding hydrogens is 282 g/mol. The SMILES string of the molecule is CS(=O)(=O)c1cccc(C(Cc2nccs2)NN)c1. The molecule has 1 atom stereocenters. The Hall–Kier alpha value is -1.28. The molecule has 0 fully saturated rings. The van der Waals surface area contributed by atoms with Gasteiger partial charge in [0.25, 0.3) is 0 Å². The third kappa shape index (κ3) is 3.60. The lowest BCUT2D eigenvalue weighted by Gasteiger charge is -2.15. The minimum atomic E-state index is -3.21. The van der Waals surface area contributed by atoms with Gasteiger partial charge in [0.15, 0.2) is 9.84 Å². The topological polar surface area (TPSA) is 85.1 Å². The number of sulfone groups is 1. The van der Waals surface area contributed by atoms with Crippen molar-refractivity contribution in [3.63, 3.8) is 0 Å². The summed E-state index contributed by atoms with van der Waals surface area (Å²) in [5, 5.41) is 2.85. The summed E-state index contributed by atoms with van der Waals surface area (Å²) in [7, 11) is -3.21. The van der Waals surface area contributed by atoms with E-state index in [1.807, 2.05) is 11.4 Å². The number of hydrogen-bond acceptors (Lipinski definition) is 6. The molecular formula is C12H15N3O2S2. The van der Waals surface area contributed by atoms with E-state index in [2.05, 4.69) is 10.4 Å². The molecule has 1 heterocycles. The largest absolute Gasteiger partial charge is 0.271 e. The summed E-state index contributed by atoms with van der Waals surface area (Å²) in [5.41, 5.74) is 3.54. The molecule has 0 amide bonds. The Morgan fingerprint density at radius 2 is 2.26 bits per heavy atom. The standard InChI is InChI=1S/C12H15N3O2S2/c1-19(16,17)10-4-2-3-9(7-10)11(15-13)8-12-14-5-6-18-12/h2-7,11,15H,8,13H2,1H3. The third-order valence-corrected chi connectivity index (χ3v) is 4.66. The summed E-state index contributed by atoms with van der Waals surface area (Å²) in [6.45, 7) is 0. The molecule has 3 N–H and O–H groups in total. The van der Waals surface area contributed by atoms with E-state index in [4.69, 9.17) is 5.84 Å². The second kappa shape index (κ2) is 5.79. The Morgan fingerprint density at radius 1 is 1.47 bits per heavy atom. The van der Waals surface area contributed by atoms with Gasteiger partial charge in [-0.1, -0.05) is 12.1 Å². The molecule has 7 heteroatoms. The first-order valence-electron chi connectivity index (χ1n) is 5.65. The summed E-state index contributed by atoms with van der Waals surface area (Å²) in [6, 6.07) is 6.64. The van der Waals surface area contributed by atoms with Crippen molar-refractivity contribution < 1.29 is 8.42 Å². The molecule has 0 aliphatic rings. The van der Waals surface area contributed by atoms with Gasteiger partial charge in [0.1, 0.15) is 0 Å². The Bertz CT molecular complexity index is 639. The molecule has 1 aromatic carbocycles. The summed E-state index contributed by atoms with van der Waals surface area (Å²) < 4.78 is 23.1. The smallest absolute Gasteiger partial charge is 0.175 e. The number of hydrazine groups is 1. The normalized spacial score (nSPS) is 13.4. The van der Waals surface area contributed by atoms with Gasteiger partial charge in [0.2, 0.25) is 0 Å². The molecule has 0 radical (unpaired) electrons. The molecule has 2 rings (SSSR count). The molecule has 1 unspecified atom stereocenters. The van der Waals surface area contributed by atoms with Gasteiger partial charge in [-0.15, -0.1) is 11.3 Å². The van der Waals surface area contributed by atoms with Gasteiger partial charge < -0.3 is 0 Å². The van der Waals surface area contributed by atoms with E-state index in [0.717, 1.165) is 10.6 Å². The van der Waals surface area contributed by atoms with Crippen LogP contribution in [-0.4, -0.2) is 19.7 Å². The van der Waals surface area contributed by atoms with Gasteiger partial charge in [0, 0.05) is 24.3 Å². The van der Waals surface area contributed by atoms with Gasteiger partial charge in [-0.05, 0) is 17.7 Å². The fourth-order valence-corrected chi connectivity index (χ4v) is 3.10. The van der Waals surface area contributed by atoms with Crippen molar-refractivity contribution in [3.8, 4) is 0 Å². The van der Waals surface area contributed by atoms with Gasteiger partial charge >= 0.3 is 0 Å². The van der Waals surface area contributed by atoms with Crippen LogP contribution in [0.1, 0.15) is 16.6 Å². The molecule has 0 saturated carbocycles. The summed E-state index contributed by atoms with van der Waals surface area (Å²) >= 11 is 1.55. The minimum absolute atomic E-state index is 0.159. The molecule has 0 spiro atoms. The first-order valence-corrected chi connectivity index (χ1v) is 8.42. The van der Waals surface area contributed by atoms with Crippen molar-refractivity contribution in [2.75, 3.05) is 6.26 Å². The molecule has 0 bridgehead atoms. The number of benzene rings is 1. The van der Waals surface area contributed by atoms with Crippen molar-refractivity contribution in [1.82, 2.24) is 10.4 Å². The van der Waals surface area contributed by atoms with E-state index in [1.165, 1.54) is 6.26 Å². The van der Waals surface area contributed by atoms with Crippen molar-refractivity contribution >= 4 is 21.2 Å². The Labute approximate surface area is 116 Å². The van der Waals surface area contributed by atoms with Crippen LogP contribution in [0.25, 0.3) is 0 Å². The maximum absolute atomic E-state index is 11.6. The molecule has 0 aliphatic carbocycles. The molecule has 19 heavy (non-hydrogen) atoms. The highest BCUT2D eigenvalue weighted by molar-refractivity contribution is 7.90. The van der Waals surface area contributed by atoms with Crippen LogP contribution >= 0.6 is 11.3 Å². The first-order chi connectivity index (χ1) is 9.00. The van der Waals surface area contributed by atoms with Crippen molar-refractivity contribution in [3.05, 3.63) is 46.4 Å². The monoisotopic (exact) mass is 297 g/mol. The summed E-state index contributed by atoms with van der Waals surface area (Å²) in [5.74, 6) is 5.56. The van der Waals surface area contributed by atoms with Crippen LogP contribution in [0.3, 0.4) is 0 Å². The van der Waals surface area contributed by atoms with E-state index in [9.17, 15) is 8.42 Å². The van der Waals surface area contributed by atoms with E-state index < -0.39 is 9.84 Å². The zero-order valence-corrected chi connectivity index (χ0v) is 12.0. The molecule has 0 aliphatic heterocycles. The van der Waals surface area contributed by atoms with Crippen molar-refractivity contribution in [1.29, 1.82) is 0 Å². The van der Waals surface area contributed by atoms with Crippen LogP contribution in [0, 0.1) is 0 Å². The maximum atomic E-state index is 11.6. The van der Waals surface area contributed by atoms with Crippen molar-refractivity contribution in [2.45, 2.75) is 17.4 Å². The van der Waals surface area contributed by atoms with Crippen LogP contribution in [0.5, 0.6) is 0 Å². The van der Waals surface area contributed by atoms with E-state index >= 15 is 0 Å². The maximum Gasteiger partial charge on any atom is 0.175 e. The number of nitrogens with two attached hydrogens (primary N) is 1. The Kier molecular flexibility index (Phi) is 4.31.